The van der Waals surface area contributed by atoms with Gasteiger partial charge in [-0.25, -0.2) is 9.78 Å². The fourth-order valence-electron chi connectivity index (χ4n) is 3.89. The number of aliphatic hydroxyl groups excluding tert-OH is 1. The van der Waals surface area contributed by atoms with E-state index in [1.165, 1.54) is 18.1 Å². The number of ketones is 1. The Hall–Kier alpha value is -4.50. The first-order valence-electron chi connectivity index (χ1n) is 11.3. The summed E-state index contributed by atoms with van der Waals surface area (Å²) in [6.45, 7) is 5.52. The van der Waals surface area contributed by atoms with Crippen LogP contribution >= 0.6 is 11.3 Å². The lowest BCUT2D eigenvalue weighted by atomic mass is 9.95. The largest absolute Gasteiger partial charge is 0.503 e. The number of nitrogens with zero attached hydrogens (tertiary/aromatic N) is 2. The van der Waals surface area contributed by atoms with Crippen molar-refractivity contribution >= 4 is 40.2 Å². The molecule has 0 spiro atoms. The first-order chi connectivity index (χ1) is 17.8. The fraction of sp³-hybridized carbons (Fsp3) is 0.143. The molecule has 1 amide bonds. The minimum Gasteiger partial charge on any atom is -0.503 e. The third kappa shape index (κ3) is 5.22. The van der Waals surface area contributed by atoms with Gasteiger partial charge in [-0.1, -0.05) is 72.5 Å². The van der Waals surface area contributed by atoms with Crippen LogP contribution in [0.15, 0.2) is 84.7 Å². The molecule has 1 atom stereocenters. The molecule has 9 heteroatoms. The maximum atomic E-state index is 13.4. The minimum atomic E-state index is -1.01. The number of amides is 1. The van der Waals surface area contributed by atoms with Crippen LogP contribution < -0.4 is 9.64 Å². The smallest absolute Gasteiger partial charge is 0.350 e. The monoisotopic (exact) mass is 516 g/mol. The van der Waals surface area contributed by atoms with Gasteiger partial charge in [-0.2, -0.15) is 0 Å². The zero-order chi connectivity index (χ0) is 26.5. The van der Waals surface area contributed by atoms with E-state index in [-0.39, 0.29) is 22.2 Å². The second-order valence-electron chi connectivity index (χ2n) is 8.02. The van der Waals surface area contributed by atoms with Crippen molar-refractivity contribution in [3.05, 3.63) is 106 Å². The van der Waals surface area contributed by atoms with Crippen molar-refractivity contribution in [2.24, 2.45) is 0 Å². The number of aliphatic hydroxyl groups is 1. The lowest BCUT2D eigenvalue weighted by Gasteiger charge is -2.24. The normalized spacial score (nSPS) is 15.4. The van der Waals surface area contributed by atoms with E-state index < -0.39 is 29.5 Å². The average Bonchev–Trinajstić information content (AvgIpc) is 3.42. The van der Waals surface area contributed by atoms with Crippen molar-refractivity contribution in [3.8, 4) is 5.75 Å². The summed E-state index contributed by atoms with van der Waals surface area (Å²) >= 11 is 0.944. The van der Waals surface area contributed by atoms with E-state index in [2.05, 4.69) is 11.6 Å². The summed E-state index contributed by atoms with van der Waals surface area (Å²) < 4.78 is 10.5. The second-order valence-corrected chi connectivity index (χ2v) is 9.00. The van der Waals surface area contributed by atoms with E-state index in [0.717, 1.165) is 16.9 Å². The summed E-state index contributed by atoms with van der Waals surface area (Å²) in [5.74, 6) is -2.13. The van der Waals surface area contributed by atoms with Gasteiger partial charge in [-0.15, -0.1) is 0 Å². The molecule has 1 unspecified atom stereocenters. The van der Waals surface area contributed by atoms with Gasteiger partial charge in [0.05, 0.1) is 24.4 Å². The number of aryl methyl sites for hydroxylation is 1. The van der Waals surface area contributed by atoms with E-state index >= 15 is 0 Å². The molecule has 0 bridgehead atoms. The molecule has 0 fully saturated rings. The van der Waals surface area contributed by atoms with Crippen LogP contribution in [-0.2, 0) is 14.3 Å². The SMILES string of the molecule is C=CCOc1cccc(C2C(C(=O)/C=C/c3ccccc3)=C(O)C(=O)N2c2nc(C)c(C(=O)OC)s2)c1. The molecule has 2 heterocycles. The van der Waals surface area contributed by atoms with Crippen LogP contribution in [0.1, 0.15) is 32.5 Å². The number of esters is 1. The molecule has 1 N–H and O–H groups in total. The molecule has 8 nitrogen and oxygen atoms in total. The number of rotatable bonds is 9. The molecule has 3 aromatic rings. The number of thiazole rings is 1. The maximum absolute atomic E-state index is 13.4. The molecule has 188 valence electrons. The predicted molar refractivity (Wildman–Crippen MR) is 141 cm³/mol. The van der Waals surface area contributed by atoms with Gasteiger partial charge >= 0.3 is 5.97 Å². The summed E-state index contributed by atoms with van der Waals surface area (Å²) in [6, 6.07) is 15.0. The van der Waals surface area contributed by atoms with Crippen LogP contribution in [0.25, 0.3) is 6.08 Å². The quantitative estimate of drug-likeness (QED) is 0.243. The van der Waals surface area contributed by atoms with Gasteiger partial charge in [0.1, 0.15) is 17.2 Å². The highest BCUT2D eigenvalue weighted by Gasteiger charge is 2.45. The summed E-state index contributed by atoms with van der Waals surface area (Å²) in [5, 5.41) is 11.1. The number of ether oxygens (including phenoxy) is 2. The standard InChI is InChI=1S/C28H24N2O6S/c1-4-15-36-20-12-8-11-19(16-20)23-22(21(31)14-13-18-9-6-5-7-10-18)24(32)26(33)30(23)28-29-17(2)25(37-28)27(34)35-3/h4-14,16,23,32H,1,15H2,2-3H3/b14-13+. The molecule has 0 saturated heterocycles. The molecule has 4 rings (SSSR count). The minimum absolute atomic E-state index is 0.106. The van der Waals surface area contributed by atoms with Crippen LogP contribution in [0.2, 0.25) is 0 Å². The fourth-order valence-corrected chi connectivity index (χ4v) is 4.90. The van der Waals surface area contributed by atoms with Crippen molar-refractivity contribution in [2.45, 2.75) is 13.0 Å². The number of carbonyl (C=O) groups excluding carboxylic acids is 3. The molecule has 37 heavy (non-hydrogen) atoms. The maximum Gasteiger partial charge on any atom is 0.350 e. The molecule has 1 aliphatic rings. The second kappa shape index (κ2) is 11.0. The Morgan fingerprint density at radius 2 is 1.95 bits per heavy atom. The molecule has 2 aromatic carbocycles. The van der Waals surface area contributed by atoms with Crippen molar-refractivity contribution in [3.63, 3.8) is 0 Å². The summed E-state index contributed by atoms with van der Waals surface area (Å²) in [6.07, 6.45) is 4.52. The lowest BCUT2D eigenvalue weighted by Crippen LogP contribution is -2.30. The molecular weight excluding hydrogens is 492 g/mol. The zero-order valence-corrected chi connectivity index (χ0v) is 21.0. The zero-order valence-electron chi connectivity index (χ0n) is 20.2. The predicted octanol–water partition coefficient (Wildman–Crippen LogP) is 4.99. The number of allylic oxidation sites excluding steroid dienone is 1. The van der Waals surface area contributed by atoms with Gasteiger partial charge in [-0.05, 0) is 36.3 Å². The van der Waals surface area contributed by atoms with E-state index in [1.54, 1.807) is 43.3 Å². The first-order valence-corrected chi connectivity index (χ1v) is 12.1. The number of carbonyl (C=O) groups is 3. The molecule has 1 aliphatic heterocycles. The number of benzene rings is 2. The Morgan fingerprint density at radius 1 is 1.19 bits per heavy atom. The van der Waals surface area contributed by atoms with Crippen LogP contribution in [0.4, 0.5) is 5.13 Å². The Kier molecular flexibility index (Phi) is 7.64. The molecular formula is C28H24N2O6S. The van der Waals surface area contributed by atoms with E-state index in [1.807, 2.05) is 30.3 Å². The first kappa shape index (κ1) is 25.6. The average molecular weight is 517 g/mol. The third-order valence-electron chi connectivity index (χ3n) is 5.60. The number of hydrogen-bond donors (Lipinski definition) is 1. The number of aromatic nitrogens is 1. The van der Waals surface area contributed by atoms with Gasteiger partial charge in [0, 0.05) is 0 Å². The Morgan fingerprint density at radius 3 is 2.65 bits per heavy atom. The van der Waals surface area contributed by atoms with Crippen LogP contribution in [0, 0.1) is 6.92 Å². The van der Waals surface area contributed by atoms with Gasteiger partial charge in [0.2, 0.25) is 0 Å². The van der Waals surface area contributed by atoms with Crippen LogP contribution in [-0.4, -0.2) is 41.5 Å². The third-order valence-corrected chi connectivity index (χ3v) is 6.74. The van der Waals surface area contributed by atoms with Gasteiger partial charge in [0.15, 0.2) is 16.7 Å². The van der Waals surface area contributed by atoms with E-state index in [4.69, 9.17) is 9.47 Å². The van der Waals surface area contributed by atoms with Crippen LogP contribution in [0.3, 0.4) is 0 Å². The van der Waals surface area contributed by atoms with Crippen molar-refractivity contribution < 1.29 is 29.0 Å². The van der Waals surface area contributed by atoms with Crippen molar-refractivity contribution in [1.82, 2.24) is 4.98 Å². The highest BCUT2D eigenvalue weighted by molar-refractivity contribution is 7.17. The molecule has 0 radical (unpaired) electrons. The van der Waals surface area contributed by atoms with Crippen LogP contribution in [0.5, 0.6) is 5.75 Å². The van der Waals surface area contributed by atoms with Gasteiger partial charge in [-0.3, -0.25) is 14.5 Å². The summed E-state index contributed by atoms with van der Waals surface area (Å²) in [5.41, 5.74) is 1.56. The topological polar surface area (TPSA) is 106 Å². The van der Waals surface area contributed by atoms with Crippen molar-refractivity contribution in [2.75, 3.05) is 18.6 Å². The summed E-state index contributed by atoms with van der Waals surface area (Å²) in [7, 11) is 1.25. The van der Waals surface area contributed by atoms with E-state index in [0.29, 0.717) is 17.0 Å². The highest BCUT2D eigenvalue weighted by Crippen LogP contribution is 2.43. The Balaban J connectivity index is 1.81. The highest BCUT2D eigenvalue weighted by atomic mass is 32.1. The molecule has 0 aliphatic carbocycles. The Bertz CT molecular complexity index is 1420. The van der Waals surface area contributed by atoms with Gasteiger partial charge < -0.3 is 14.6 Å². The van der Waals surface area contributed by atoms with Crippen molar-refractivity contribution in [1.29, 1.82) is 0 Å². The number of hydrogen-bond acceptors (Lipinski definition) is 8. The van der Waals surface area contributed by atoms with Gasteiger partial charge in [0.25, 0.3) is 5.91 Å². The Labute approximate surface area is 217 Å². The molecule has 0 saturated carbocycles. The molecule has 1 aromatic heterocycles. The lowest BCUT2D eigenvalue weighted by molar-refractivity contribution is -0.117. The summed E-state index contributed by atoms with van der Waals surface area (Å²) in [4.78, 5) is 44.8. The van der Waals surface area contributed by atoms with E-state index in [9.17, 15) is 19.5 Å². The number of anilines is 1. The number of methoxy groups -OCH3 is 1.